The van der Waals surface area contributed by atoms with Gasteiger partial charge in [0.05, 0.1) is 29.7 Å². The van der Waals surface area contributed by atoms with Gasteiger partial charge < -0.3 is 40.9 Å². The summed E-state index contributed by atoms with van der Waals surface area (Å²) in [6, 6.07) is -0.442. The van der Waals surface area contributed by atoms with Crippen LogP contribution in [-0.2, 0) is 58.2 Å². The second-order valence-electron chi connectivity index (χ2n) is 11.1. The number of nitrogens with two attached hydrogens (primary N) is 2. The van der Waals surface area contributed by atoms with Crippen molar-refractivity contribution in [3.63, 3.8) is 0 Å². The number of aromatic nitrogens is 5. The van der Waals surface area contributed by atoms with Crippen LogP contribution >= 0.6 is 11.8 Å². The Kier molecular flexibility index (Phi) is 13.6. The van der Waals surface area contributed by atoms with E-state index in [2.05, 4.69) is 40.2 Å². The molecule has 0 spiro atoms. The number of urea groups is 1. The van der Waals surface area contributed by atoms with E-state index in [9.17, 15) is 29.1 Å². The number of carboxylic acid groups (broad SMARTS) is 1. The van der Waals surface area contributed by atoms with Crippen LogP contribution in [-0.4, -0.2) is 103 Å². The van der Waals surface area contributed by atoms with E-state index in [4.69, 9.17) is 35.6 Å². The van der Waals surface area contributed by atoms with Gasteiger partial charge in [0, 0.05) is 24.3 Å². The summed E-state index contributed by atoms with van der Waals surface area (Å²) in [6.07, 6.45) is 1.89. The Hall–Kier alpha value is -5.15. The van der Waals surface area contributed by atoms with Crippen molar-refractivity contribution in [2.45, 2.75) is 51.1 Å². The molecule has 26 heteroatoms. The highest BCUT2D eigenvalue weighted by Crippen LogP contribution is 2.45. The van der Waals surface area contributed by atoms with Crippen molar-refractivity contribution in [1.82, 2.24) is 30.1 Å². The Morgan fingerprint density at radius 3 is 2.53 bits per heavy atom. The number of carbonyl (C=O) groups excluding carboxylic acids is 4. The summed E-state index contributed by atoms with van der Waals surface area (Å²) in [5.41, 5.74) is 9.96. The first-order valence-electron chi connectivity index (χ1n) is 14.5. The molecule has 0 aromatic carbocycles. The van der Waals surface area contributed by atoms with E-state index in [0.717, 1.165) is 11.3 Å². The molecule has 0 bridgehead atoms. The van der Waals surface area contributed by atoms with E-state index in [1.165, 1.54) is 25.6 Å². The van der Waals surface area contributed by atoms with Crippen LogP contribution in [0.4, 0.5) is 22.2 Å². The number of β-lactam (4-membered cyclic amide) rings is 1. The number of rotatable bonds is 14. The summed E-state index contributed by atoms with van der Waals surface area (Å²) < 4.78 is 23.2. The molecule has 0 radical (unpaired) electrons. The summed E-state index contributed by atoms with van der Waals surface area (Å²) in [4.78, 5) is 76.9. The Balaban J connectivity index is 0.00000131. The zero-order valence-corrected chi connectivity index (χ0v) is 28.9. The molecule has 4 heterocycles. The van der Waals surface area contributed by atoms with E-state index in [1.807, 2.05) is 6.92 Å². The highest BCUT2D eigenvalue weighted by Gasteiger charge is 2.54. The summed E-state index contributed by atoms with van der Waals surface area (Å²) in [7, 11) is 1.64. The number of nitrogens with one attached hydrogen (secondary N) is 3. The van der Waals surface area contributed by atoms with E-state index in [0.29, 0.717) is 17.8 Å². The molecule has 51 heavy (non-hydrogen) atoms. The van der Waals surface area contributed by atoms with Gasteiger partial charge in [-0.2, -0.15) is 10.2 Å². The van der Waals surface area contributed by atoms with Gasteiger partial charge in [-0.3, -0.25) is 29.8 Å². The minimum atomic E-state index is -2.88. The van der Waals surface area contributed by atoms with Crippen LogP contribution in [0, 0.1) is 5.92 Å². The van der Waals surface area contributed by atoms with Crippen molar-refractivity contribution < 1.29 is 67.1 Å². The van der Waals surface area contributed by atoms with Gasteiger partial charge in [-0.05, 0) is 20.3 Å². The SMILES string of the molecule is CCCNC(=O)Nc1c[n+](CC2=C(C(=O)O)N3C(=O)[C@@H](CC(=O)/C(=N\OC(C)(C)C(=O)OO)c4nc(N)n[nH]4)[C@H]3SC2)n(C)c1N.O=S([O-])O[O-]. The summed E-state index contributed by atoms with van der Waals surface area (Å²) in [5.74, 6) is -4.79. The fourth-order valence-corrected chi connectivity index (χ4v) is 6.02. The van der Waals surface area contributed by atoms with Crippen molar-refractivity contribution in [1.29, 1.82) is 0 Å². The van der Waals surface area contributed by atoms with E-state index in [-0.39, 0.29) is 35.6 Å². The predicted molar refractivity (Wildman–Crippen MR) is 169 cm³/mol. The molecule has 4 rings (SSSR count). The Bertz CT molecular complexity index is 1760. The lowest BCUT2D eigenvalue weighted by Gasteiger charge is -2.49. The molecule has 3 amide bonds. The molecule has 2 aliphatic rings. The van der Waals surface area contributed by atoms with Gasteiger partial charge >= 0.3 is 18.0 Å². The quantitative estimate of drug-likeness (QED) is 0.0256. The normalized spacial score (nSPS) is 17.7. The van der Waals surface area contributed by atoms with Crippen molar-refractivity contribution in [2.24, 2.45) is 18.1 Å². The van der Waals surface area contributed by atoms with Crippen LogP contribution in [0.25, 0.3) is 0 Å². The highest BCUT2D eigenvalue weighted by atomic mass is 32.2. The molecule has 0 saturated carbocycles. The van der Waals surface area contributed by atoms with E-state index >= 15 is 0 Å². The van der Waals surface area contributed by atoms with Crippen molar-refractivity contribution >= 4 is 75.9 Å². The number of nitrogens with zero attached hydrogens (tertiary/aromatic N) is 6. The van der Waals surface area contributed by atoms with Crippen molar-refractivity contribution in [3.8, 4) is 0 Å². The van der Waals surface area contributed by atoms with Crippen LogP contribution in [0.15, 0.2) is 22.6 Å². The molecule has 1 saturated heterocycles. The number of anilines is 3. The zero-order chi connectivity index (χ0) is 38.2. The first-order valence-corrected chi connectivity index (χ1v) is 16.5. The molecule has 2 aromatic heterocycles. The summed E-state index contributed by atoms with van der Waals surface area (Å²) in [6.45, 7) is 4.87. The van der Waals surface area contributed by atoms with Crippen LogP contribution in [0.5, 0.6) is 0 Å². The largest absolute Gasteiger partial charge is 0.750 e. The summed E-state index contributed by atoms with van der Waals surface area (Å²) in [5, 5.41) is 41.8. The number of aliphatic carboxylic acids is 1. The number of ketones is 1. The number of nitrogen functional groups attached to an aromatic ring is 2. The minimum Gasteiger partial charge on any atom is -0.750 e. The fraction of sp³-hybridized carbons (Fsp3) is 0.480. The fourth-order valence-electron chi connectivity index (χ4n) is 4.61. The van der Waals surface area contributed by atoms with Crippen molar-refractivity contribution in [2.75, 3.05) is 29.1 Å². The molecule has 24 nitrogen and oxygen atoms in total. The molecular formula is C25H34N11O13S2-. The lowest BCUT2D eigenvalue weighted by Crippen LogP contribution is -2.62. The average molecular weight is 761 g/mol. The minimum absolute atomic E-state index is 0.0425. The summed E-state index contributed by atoms with van der Waals surface area (Å²) >= 11 is -1.61. The third-order valence-electron chi connectivity index (χ3n) is 7.18. The van der Waals surface area contributed by atoms with Gasteiger partial charge in [0.1, 0.15) is 5.70 Å². The van der Waals surface area contributed by atoms with Crippen LogP contribution in [0.1, 0.15) is 39.4 Å². The standard InChI is InChI=1S/C25H33N11O9S.H2O4S/c1-5-6-28-24(42)29-13-9-35(34(4)17(13)26)8-11-10-46-20-12(19(38)36(20)16(11)21(39)40)7-14(37)15(18-30-23(27)32-31-18)33-45-25(2,3)22(41)44-43;1-4-5(2)3/h9,12,20,26H,5-8,10H2,1-4H3,(H7,27,28,29,30,31,32,33,37,39,40,42,43);1H,(H,2,3)/p-1/t12-,20-;/m1./s1. The first kappa shape index (κ1) is 40.3. The zero-order valence-electron chi connectivity index (χ0n) is 27.3. The molecule has 280 valence electrons. The monoisotopic (exact) mass is 760 g/mol. The number of carboxylic acids is 1. The number of carbonyl (C=O) groups is 5. The predicted octanol–water partition coefficient (Wildman–Crippen LogP) is -2.76. The first-order chi connectivity index (χ1) is 24.0. The number of Topliss-reactive ketones (excluding diaryl/α,β-unsaturated/α-hetero) is 1. The number of aromatic amines is 1. The van der Waals surface area contributed by atoms with Crippen molar-refractivity contribution in [3.05, 3.63) is 23.3 Å². The number of hydrogen-bond acceptors (Lipinski definition) is 18. The lowest BCUT2D eigenvalue weighted by molar-refractivity contribution is -0.765. The van der Waals surface area contributed by atoms with Gasteiger partial charge in [-0.1, -0.05) is 12.1 Å². The number of thioether (sulfide) groups is 1. The third kappa shape index (κ3) is 9.55. The van der Waals surface area contributed by atoms with Gasteiger partial charge in [0.25, 0.3) is 0 Å². The van der Waals surface area contributed by atoms with Crippen LogP contribution in [0.3, 0.4) is 0 Å². The van der Waals surface area contributed by atoms with E-state index in [1.54, 1.807) is 22.6 Å². The third-order valence-corrected chi connectivity index (χ3v) is 8.68. The smallest absolute Gasteiger partial charge is 0.387 e. The second kappa shape index (κ2) is 17.2. The van der Waals surface area contributed by atoms with Gasteiger partial charge in [-0.15, -0.1) is 26.2 Å². The van der Waals surface area contributed by atoms with Gasteiger partial charge in [-0.25, -0.2) is 18.6 Å². The maximum atomic E-state index is 13.4. The average Bonchev–Trinajstić information content (AvgIpc) is 3.63. The molecule has 1 fully saturated rings. The lowest BCUT2D eigenvalue weighted by atomic mass is 9.89. The Morgan fingerprint density at radius 2 is 1.98 bits per heavy atom. The topological polar surface area (TPSA) is 359 Å². The van der Waals surface area contributed by atoms with Gasteiger partial charge in [0.2, 0.25) is 23.7 Å². The number of fused-ring (bicyclic) bond motifs is 1. The Labute approximate surface area is 294 Å². The molecule has 3 atom stereocenters. The maximum absolute atomic E-state index is 13.4. The molecule has 2 aromatic rings. The maximum Gasteiger partial charge on any atom is 0.387 e. The number of amides is 3. The molecule has 1 unspecified atom stereocenters. The van der Waals surface area contributed by atoms with Gasteiger partial charge in [0.15, 0.2) is 35.4 Å². The second-order valence-corrected chi connectivity index (χ2v) is 12.7. The van der Waals surface area contributed by atoms with Crippen LogP contribution in [0.2, 0.25) is 0 Å². The Morgan fingerprint density at radius 1 is 1.31 bits per heavy atom. The molecule has 9 N–H and O–H groups in total. The molecule has 2 aliphatic heterocycles. The highest BCUT2D eigenvalue weighted by molar-refractivity contribution is 8.00. The molecule has 0 aliphatic carbocycles. The van der Waals surface area contributed by atoms with E-state index < -0.39 is 70.0 Å². The number of H-pyrrole nitrogens is 1. The molecular weight excluding hydrogens is 726 g/mol. The number of oxime groups is 1. The van der Waals surface area contributed by atoms with Crippen LogP contribution < -0.4 is 32.0 Å². The number of hydrogen-bond donors (Lipinski definition) is 7.